The fourth-order valence-electron chi connectivity index (χ4n) is 3.48. The van der Waals surface area contributed by atoms with Gasteiger partial charge in [0.25, 0.3) is 0 Å². The summed E-state index contributed by atoms with van der Waals surface area (Å²) in [5.41, 5.74) is 4.03. The van der Waals surface area contributed by atoms with Gasteiger partial charge in [0.1, 0.15) is 0 Å². The molecule has 4 rings (SSSR count). The second-order valence-electron chi connectivity index (χ2n) is 6.63. The van der Waals surface area contributed by atoms with E-state index < -0.39 is 0 Å². The van der Waals surface area contributed by atoms with Gasteiger partial charge in [0.05, 0.1) is 0 Å². The summed E-state index contributed by atoms with van der Waals surface area (Å²) in [5.74, 6) is 1.89. The Hall–Kier alpha value is -1.30. The highest BCUT2D eigenvalue weighted by molar-refractivity contribution is 7.98. The van der Waals surface area contributed by atoms with Crippen LogP contribution in [0.2, 0.25) is 5.02 Å². The smallest absolute Gasteiger partial charge is 0.191 e. The third-order valence-electron chi connectivity index (χ3n) is 4.72. The summed E-state index contributed by atoms with van der Waals surface area (Å²) < 4.78 is 2.30. The number of benzene rings is 1. The van der Waals surface area contributed by atoms with E-state index in [9.17, 15) is 0 Å². The molecule has 1 aliphatic carbocycles. The van der Waals surface area contributed by atoms with Crippen LogP contribution < -0.4 is 0 Å². The molecule has 0 unspecified atom stereocenters. The maximum atomic E-state index is 6.11. The summed E-state index contributed by atoms with van der Waals surface area (Å²) in [6.07, 6.45) is 6.07. The lowest BCUT2D eigenvalue weighted by atomic mass is 9.95. The SMILES string of the molecule is CCCn1c(SCc2cccc(Cl)c2)nnc1-c1csc2c1CCCC2. The topological polar surface area (TPSA) is 30.7 Å². The van der Waals surface area contributed by atoms with Crippen LogP contribution in [0.3, 0.4) is 0 Å². The number of rotatable bonds is 6. The molecule has 0 bridgehead atoms. The van der Waals surface area contributed by atoms with Gasteiger partial charge < -0.3 is 4.57 Å². The lowest BCUT2D eigenvalue weighted by Crippen LogP contribution is -2.05. The maximum Gasteiger partial charge on any atom is 0.191 e. The minimum Gasteiger partial charge on any atom is -0.302 e. The van der Waals surface area contributed by atoms with Crippen LogP contribution in [0.1, 0.15) is 42.2 Å². The van der Waals surface area contributed by atoms with Crippen LogP contribution in [0.4, 0.5) is 0 Å². The van der Waals surface area contributed by atoms with Crippen molar-refractivity contribution in [2.45, 2.75) is 56.5 Å². The number of thioether (sulfide) groups is 1. The Kier molecular flexibility index (Phi) is 5.67. The average Bonchev–Trinajstić information content (AvgIpc) is 3.24. The molecule has 2 heterocycles. The predicted octanol–water partition coefficient (Wildman–Crippen LogP) is 6.24. The van der Waals surface area contributed by atoms with Crippen LogP contribution >= 0.6 is 34.7 Å². The van der Waals surface area contributed by atoms with E-state index in [2.05, 4.69) is 33.1 Å². The summed E-state index contributed by atoms with van der Waals surface area (Å²) in [4.78, 5) is 1.55. The van der Waals surface area contributed by atoms with Crippen LogP contribution in [0.5, 0.6) is 0 Å². The van der Waals surface area contributed by atoms with Crippen molar-refractivity contribution in [3.63, 3.8) is 0 Å². The van der Waals surface area contributed by atoms with Crippen molar-refractivity contribution < 1.29 is 0 Å². The fraction of sp³-hybridized carbons (Fsp3) is 0.400. The highest BCUT2D eigenvalue weighted by Gasteiger charge is 2.22. The standard InChI is InChI=1S/C20H22ClN3S2/c1-2-10-24-19(17-13-25-18-9-4-3-8-16(17)18)22-23-20(24)26-12-14-6-5-7-15(21)11-14/h5-7,11,13H,2-4,8-10,12H2,1H3. The number of aryl methyl sites for hydroxylation is 1. The van der Waals surface area contributed by atoms with Gasteiger partial charge in [-0.2, -0.15) is 0 Å². The molecule has 1 aromatic carbocycles. The molecule has 3 aromatic rings. The number of halogens is 1. The highest BCUT2D eigenvalue weighted by Crippen LogP contribution is 2.37. The van der Waals surface area contributed by atoms with Crippen molar-refractivity contribution >= 4 is 34.7 Å². The van der Waals surface area contributed by atoms with E-state index in [0.717, 1.165) is 34.7 Å². The summed E-state index contributed by atoms with van der Waals surface area (Å²) >= 11 is 9.74. The Morgan fingerprint density at radius 2 is 2.12 bits per heavy atom. The molecule has 0 saturated heterocycles. The van der Waals surface area contributed by atoms with Crippen molar-refractivity contribution in [2.24, 2.45) is 0 Å². The zero-order valence-corrected chi connectivity index (χ0v) is 17.3. The summed E-state index contributed by atoms with van der Waals surface area (Å²) in [5, 5.41) is 13.2. The van der Waals surface area contributed by atoms with Crippen molar-refractivity contribution in [1.29, 1.82) is 0 Å². The third-order valence-corrected chi connectivity index (χ3v) is 7.08. The normalized spacial score (nSPS) is 13.8. The van der Waals surface area contributed by atoms with Gasteiger partial charge >= 0.3 is 0 Å². The molecule has 0 fully saturated rings. The number of nitrogens with zero attached hydrogens (tertiary/aromatic N) is 3. The van der Waals surface area contributed by atoms with Crippen molar-refractivity contribution in [3.8, 4) is 11.4 Å². The van der Waals surface area contributed by atoms with Crippen LogP contribution in [0, 0.1) is 0 Å². The number of hydrogen-bond donors (Lipinski definition) is 0. The Bertz CT molecular complexity index is 900. The first-order valence-corrected chi connectivity index (χ1v) is 11.4. The van der Waals surface area contributed by atoms with Crippen molar-refractivity contribution in [1.82, 2.24) is 14.8 Å². The minimum atomic E-state index is 0.781. The monoisotopic (exact) mass is 403 g/mol. The van der Waals surface area contributed by atoms with Gasteiger partial charge in [-0.1, -0.05) is 42.4 Å². The Morgan fingerprint density at radius 1 is 1.23 bits per heavy atom. The largest absolute Gasteiger partial charge is 0.302 e. The Labute approximate surface area is 167 Å². The first-order chi connectivity index (χ1) is 12.8. The van der Waals surface area contributed by atoms with Gasteiger partial charge in [0.2, 0.25) is 0 Å². The van der Waals surface area contributed by atoms with E-state index >= 15 is 0 Å². The van der Waals surface area contributed by atoms with Gasteiger partial charge in [-0.05, 0) is 55.4 Å². The third kappa shape index (κ3) is 3.71. The lowest BCUT2D eigenvalue weighted by Gasteiger charge is -2.13. The maximum absolute atomic E-state index is 6.11. The van der Waals surface area contributed by atoms with Crippen LogP contribution in [0.15, 0.2) is 34.8 Å². The molecule has 136 valence electrons. The zero-order chi connectivity index (χ0) is 17.9. The van der Waals surface area contributed by atoms with Crippen LogP contribution in [-0.2, 0) is 25.1 Å². The van der Waals surface area contributed by atoms with E-state index in [1.807, 2.05) is 29.5 Å². The van der Waals surface area contributed by atoms with E-state index in [0.29, 0.717) is 0 Å². The van der Waals surface area contributed by atoms with Gasteiger partial charge in [-0.3, -0.25) is 0 Å². The predicted molar refractivity (Wildman–Crippen MR) is 111 cm³/mol. The summed E-state index contributed by atoms with van der Waals surface area (Å²) in [6.45, 7) is 3.16. The molecule has 0 aliphatic heterocycles. The average molecular weight is 404 g/mol. The molecule has 0 radical (unpaired) electrons. The molecule has 6 heteroatoms. The van der Waals surface area contributed by atoms with E-state index in [4.69, 9.17) is 11.6 Å². The van der Waals surface area contributed by atoms with Crippen molar-refractivity contribution in [2.75, 3.05) is 0 Å². The van der Waals surface area contributed by atoms with Crippen molar-refractivity contribution in [3.05, 3.63) is 50.7 Å². The minimum absolute atomic E-state index is 0.781. The van der Waals surface area contributed by atoms with Gasteiger partial charge in [0, 0.05) is 33.1 Å². The van der Waals surface area contributed by atoms with Gasteiger partial charge in [0.15, 0.2) is 11.0 Å². The first kappa shape index (κ1) is 18.1. The molecule has 0 atom stereocenters. The molecular formula is C20H22ClN3S2. The van der Waals surface area contributed by atoms with Crippen LogP contribution in [-0.4, -0.2) is 14.8 Å². The second-order valence-corrected chi connectivity index (χ2v) is 8.98. The van der Waals surface area contributed by atoms with Gasteiger partial charge in [-0.25, -0.2) is 0 Å². The number of hydrogen-bond acceptors (Lipinski definition) is 4. The molecule has 0 amide bonds. The molecule has 0 saturated carbocycles. The highest BCUT2D eigenvalue weighted by atomic mass is 35.5. The molecule has 3 nitrogen and oxygen atoms in total. The van der Waals surface area contributed by atoms with Gasteiger partial charge in [-0.15, -0.1) is 21.5 Å². The summed E-state index contributed by atoms with van der Waals surface area (Å²) in [7, 11) is 0. The quantitative estimate of drug-likeness (QED) is 0.456. The Balaban J connectivity index is 1.62. The lowest BCUT2D eigenvalue weighted by molar-refractivity contribution is 0.625. The summed E-state index contributed by atoms with van der Waals surface area (Å²) in [6, 6.07) is 8.03. The molecule has 2 aromatic heterocycles. The number of thiophene rings is 1. The van der Waals surface area contributed by atoms with E-state index in [1.54, 1.807) is 16.6 Å². The fourth-order valence-corrected chi connectivity index (χ4v) is 5.72. The molecular weight excluding hydrogens is 382 g/mol. The first-order valence-electron chi connectivity index (χ1n) is 9.16. The van der Waals surface area contributed by atoms with Crippen LogP contribution in [0.25, 0.3) is 11.4 Å². The molecule has 0 spiro atoms. The molecule has 26 heavy (non-hydrogen) atoms. The molecule has 0 N–H and O–H groups in total. The number of aromatic nitrogens is 3. The molecule has 1 aliphatic rings. The van der Waals surface area contributed by atoms with E-state index in [1.165, 1.54) is 42.4 Å². The number of fused-ring (bicyclic) bond motifs is 1. The second kappa shape index (κ2) is 8.15. The zero-order valence-electron chi connectivity index (χ0n) is 14.9. The van der Waals surface area contributed by atoms with E-state index in [-0.39, 0.29) is 0 Å². The Morgan fingerprint density at radius 3 is 2.96 bits per heavy atom.